The maximum atomic E-state index is 6.34. The van der Waals surface area contributed by atoms with Crippen LogP contribution >= 0.6 is 11.6 Å². The molecule has 0 radical (unpaired) electrons. The number of halogens is 1. The van der Waals surface area contributed by atoms with Gasteiger partial charge in [-0.3, -0.25) is 0 Å². The molecule has 1 atom stereocenters. The summed E-state index contributed by atoms with van der Waals surface area (Å²) in [7, 11) is 3.25. The van der Waals surface area contributed by atoms with E-state index >= 15 is 0 Å². The number of hydrogen-bond donors (Lipinski definition) is 1. The molecule has 1 unspecified atom stereocenters. The van der Waals surface area contributed by atoms with E-state index in [1.807, 2.05) is 6.92 Å². The molecule has 0 aliphatic carbocycles. The normalized spacial score (nSPS) is 19.4. The number of ether oxygens (including phenoxy) is 2. The Morgan fingerprint density at radius 1 is 1.35 bits per heavy atom. The number of methoxy groups -OCH3 is 2. The third-order valence-electron chi connectivity index (χ3n) is 3.40. The van der Waals surface area contributed by atoms with Crippen LogP contribution in [0.4, 0.5) is 0 Å². The third-order valence-corrected chi connectivity index (χ3v) is 3.85. The van der Waals surface area contributed by atoms with Gasteiger partial charge in [-0.25, -0.2) is 0 Å². The van der Waals surface area contributed by atoms with Crippen LogP contribution in [0, 0.1) is 6.92 Å². The summed E-state index contributed by atoms with van der Waals surface area (Å²) in [6.45, 7) is 4.11. The zero-order valence-electron chi connectivity index (χ0n) is 10.5. The summed E-state index contributed by atoms with van der Waals surface area (Å²) in [5, 5.41) is 4.03. The van der Waals surface area contributed by atoms with Gasteiger partial charge in [-0.05, 0) is 43.0 Å². The Hall–Kier alpha value is -0.930. The van der Waals surface area contributed by atoms with Gasteiger partial charge in [0.2, 0.25) is 0 Å². The fourth-order valence-corrected chi connectivity index (χ4v) is 2.69. The molecule has 1 aromatic carbocycles. The second kappa shape index (κ2) is 5.15. The third kappa shape index (κ3) is 2.22. The molecule has 2 rings (SSSR count). The highest BCUT2D eigenvalue weighted by Gasteiger charge is 2.23. The molecule has 94 valence electrons. The van der Waals surface area contributed by atoms with Crippen LogP contribution in [0.3, 0.4) is 0 Å². The molecule has 1 fully saturated rings. The van der Waals surface area contributed by atoms with Crippen LogP contribution in [0.1, 0.15) is 23.5 Å². The van der Waals surface area contributed by atoms with Crippen LogP contribution in [0.15, 0.2) is 6.07 Å². The van der Waals surface area contributed by atoms with E-state index in [4.69, 9.17) is 21.1 Å². The van der Waals surface area contributed by atoms with Crippen molar-refractivity contribution in [2.75, 3.05) is 27.3 Å². The fourth-order valence-electron chi connectivity index (χ4n) is 2.41. The van der Waals surface area contributed by atoms with Gasteiger partial charge in [-0.2, -0.15) is 0 Å². The van der Waals surface area contributed by atoms with Gasteiger partial charge in [0.25, 0.3) is 0 Å². The van der Waals surface area contributed by atoms with Crippen molar-refractivity contribution < 1.29 is 9.47 Å². The highest BCUT2D eigenvalue weighted by atomic mass is 35.5. The first-order chi connectivity index (χ1) is 8.19. The molecule has 1 heterocycles. The molecule has 0 bridgehead atoms. The summed E-state index contributed by atoms with van der Waals surface area (Å²) >= 11 is 6.34. The molecule has 1 aliphatic rings. The van der Waals surface area contributed by atoms with Gasteiger partial charge in [-0.1, -0.05) is 11.6 Å². The molecule has 3 nitrogen and oxygen atoms in total. The first kappa shape index (κ1) is 12.5. The van der Waals surface area contributed by atoms with E-state index in [-0.39, 0.29) is 0 Å². The van der Waals surface area contributed by atoms with E-state index < -0.39 is 0 Å². The second-order valence-electron chi connectivity index (χ2n) is 4.33. The first-order valence-electron chi connectivity index (χ1n) is 5.80. The highest BCUT2D eigenvalue weighted by molar-refractivity contribution is 6.33. The summed E-state index contributed by atoms with van der Waals surface area (Å²) in [5.41, 5.74) is 2.36. The van der Waals surface area contributed by atoms with Crippen molar-refractivity contribution >= 4 is 11.6 Å². The molecule has 0 amide bonds. The van der Waals surface area contributed by atoms with Crippen molar-refractivity contribution in [1.82, 2.24) is 5.32 Å². The Morgan fingerprint density at radius 3 is 2.65 bits per heavy atom. The average molecular weight is 256 g/mol. The average Bonchev–Trinajstić information content (AvgIpc) is 2.85. The largest absolute Gasteiger partial charge is 0.493 e. The topological polar surface area (TPSA) is 30.5 Å². The number of nitrogens with one attached hydrogen (secondary N) is 1. The Morgan fingerprint density at radius 2 is 2.12 bits per heavy atom. The lowest BCUT2D eigenvalue weighted by atomic mass is 9.93. The molecule has 0 saturated carbocycles. The van der Waals surface area contributed by atoms with Gasteiger partial charge in [0.15, 0.2) is 11.5 Å². The zero-order chi connectivity index (χ0) is 12.4. The maximum Gasteiger partial charge on any atom is 0.179 e. The summed E-state index contributed by atoms with van der Waals surface area (Å²) in [6.07, 6.45) is 1.15. The lowest BCUT2D eigenvalue weighted by Crippen LogP contribution is -2.09. The molecule has 0 aromatic heterocycles. The number of hydrogen-bond acceptors (Lipinski definition) is 3. The van der Waals surface area contributed by atoms with E-state index in [2.05, 4.69) is 11.4 Å². The van der Waals surface area contributed by atoms with Gasteiger partial charge < -0.3 is 14.8 Å². The van der Waals surface area contributed by atoms with Gasteiger partial charge in [0.05, 0.1) is 19.2 Å². The molecule has 4 heteroatoms. The van der Waals surface area contributed by atoms with Crippen LogP contribution in [0.2, 0.25) is 5.02 Å². The van der Waals surface area contributed by atoms with Crippen molar-refractivity contribution in [3.63, 3.8) is 0 Å². The predicted molar refractivity (Wildman–Crippen MR) is 69.5 cm³/mol. The molecule has 1 aliphatic heterocycles. The molecular weight excluding hydrogens is 238 g/mol. The Kier molecular flexibility index (Phi) is 3.79. The summed E-state index contributed by atoms with van der Waals surface area (Å²) in [6, 6.07) is 2.05. The summed E-state index contributed by atoms with van der Waals surface area (Å²) in [4.78, 5) is 0. The Bertz CT molecular complexity index is 414. The lowest BCUT2D eigenvalue weighted by Gasteiger charge is -2.18. The smallest absolute Gasteiger partial charge is 0.179 e. The van der Waals surface area contributed by atoms with Crippen LogP contribution < -0.4 is 14.8 Å². The van der Waals surface area contributed by atoms with Crippen LogP contribution in [-0.4, -0.2) is 27.3 Å². The Balaban J connectivity index is 2.49. The molecule has 0 spiro atoms. The summed E-state index contributed by atoms with van der Waals surface area (Å²) < 4.78 is 10.6. The van der Waals surface area contributed by atoms with E-state index in [9.17, 15) is 0 Å². The predicted octanol–water partition coefficient (Wildman–Crippen LogP) is 2.74. The number of benzene rings is 1. The molecule has 1 saturated heterocycles. The minimum Gasteiger partial charge on any atom is -0.493 e. The van der Waals surface area contributed by atoms with Gasteiger partial charge in [-0.15, -0.1) is 0 Å². The maximum absolute atomic E-state index is 6.34. The first-order valence-corrected chi connectivity index (χ1v) is 6.18. The van der Waals surface area contributed by atoms with E-state index in [1.165, 1.54) is 5.56 Å². The van der Waals surface area contributed by atoms with Gasteiger partial charge in [0.1, 0.15) is 0 Å². The van der Waals surface area contributed by atoms with Crippen molar-refractivity contribution in [1.29, 1.82) is 0 Å². The summed E-state index contributed by atoms with van der Waals surface area (Å²) in [5.74, 6) is 1.86. The van der Waals surface area contributed by atoms with E-state index in [0.717, 1.165) is 25.1 Å². The zero-order valence-corrected chi connectivity index (χ0v) is 11.2. The molecule has 17 heavy (non-hydrogen) atoms. The molecular formula is C13H18ClNO2. The van der Waals surface area contributed by atoms with Gasteiger partial charge in [0, 0.05) is 6.54 Å². The van der Waals surface area contributed by atoms with Crippen LogP contribution in [-0.2, 0) is 0 Å². The fraction of sp³-hybridized carbons (Fsp3) is 0.538. The SMILES string of the molecule is COc1cc(C2CCNC2)c(C)c(Cl)c1OC. The van der Waals surface area contributed by atoms with Crippen molar-refractivity contribution in [2.24, 2.45) is 0 Å². The number of rotatable bonds is 3. The minimum absolute atomic E-state index is 0.521. The quantitative estimate of drug-likeness (QED) is 0.901. The minimum atomic E-state index is 0.521. The van der Waals surface area contributed by atoms with Crippen LogP contribution in [0.25, 0.3) is 0 Å². The van der Waals surface area contributed by atoms with Crippen molar-refractivity contribution in [3.05, 3.63) is 22.2 Å². The molecule has 1 aromatic rings. The highest BCUT2D eigenvalue weighted by Crippen LogP contribution is 2.42. The standard InChI is InChI=1S/C13H18ClNO2/c1-8-10(9-4-5-15-7-9)6-11(16-2)13(17-3)12(8)14/h6,9,15H,4-5,7H2,1-3H3. The Labute approximate surface area is 107 Å². The van der Waals surface area contributed by atoms with Crippen LogP contribution in [0.5, 0.6) is 11.5 Å². The van der Waals surface area contributed by atoms with E-state index in [0.29, 0.717) is 22.4 Å². The monoisotopic (exact) mass is 255 g/mol. The van der Waals surface area contributed by atoms with E-state index in [1.54, 1.807) is 14.2 Å². The second-order valence-corrected chi connectivity index (χ2v) is 4.71. The van der Waals surface area contributed by atoms with Gasteiger partial charge >= 0.3 is 0 Å². The molecule has 1 N–H and O–H groups in total. The van der Waals surface area contributed by atoms with Crippen molar-refractivity contribution in [2.45, 2.75) is 19.3 Å². The lowest BCUT2D eigenvalue weighted by molar-refractivity contribution is 0.354. The van der Waals surface area contributed by atoms with Crippen molar-refractivity contribution in [3.8, 4) is 11.5 Å².